The van der Waals surface area contributed by atoms with Gasteiger partial charge in [0.2, 0.25) is 0 Å². The van der Waals surface area contributed by atoms with Crippen molar-refractivity contribution < 1.29 is 98.4 Å². The van der Waals surface area contributed by atoms with Crippen LogP contribution in [-0.4, -0.2) is 178 Å². The highest BCUT2D eigenvalue weighted by Crippen LogP contribution is 2.39. The minimum absolute atomic E-state index is 0.226. The highest BCUT2D eigenvalue weighted by Gasteiger charge is 2.29. The molecule has 0 rings (SSSR count). The van der Waals surface area contributed by atoms with Crippen LogP contribution in [0, 0.1) is 0 Å². The molecule has 0 radical (unpaired) electrons. The Bertz CT molecular complexity index is 1020. The van der Waals surface area contributed by atoms with Crippen LogP contribution in [0.1, 0.15) is 19.8 Å². The first-order valence-corrected chi connectivity index (χ1v) is 14.3. The molecular formula is C21H40N5O20P. The van der Waals surface area contributed by atoms with Crippen LogP contribution in [-0.2, 0) is 47.8 Å². The molecule has 0 saturated heterocycles. The minimum atomic E-state index is -4.77. The summed E-state index contributed by atoms with van der Waals surface area (Å²) in [6.45, 7) is -2.58. The SMILES string of the molecule is CC(CO)N(CC(=O)ON)CC(=O)ON.O=C(O)CCC(O)N(CC(=O)O)CC(=O)O.O=C(O)CN(CC(=O)O)CC(O)P(=O)(O)O. The molecule has 0 aromatic heterocycles. The average Bonchev–Trinajstić information content (AvgIpc) is 2.93. The third-order valence-electron chi connectivity index (χ3n) is 5.06. The number of aliphatic carboxylic acids is 5. The van der Waals surface area contributed by atoms with Crippen LogP contribution < -0.4 is 11.8 Å². The smallest absolute Gasteiger partial charge is 0.355 e. The van der Waals surface area contributed by atoms with E-state index in [2.05, 4.69) is 21.5 Å². The fourth-order valence-corrected chi connectivity index (χ4v) is 3.29. The molecule has 0 aromatic rings. The van der Waals surface area contributed by atoms with Gasteiger partial charge in [0.05, 0.1) is 45.9 Å². The number of carboxylic acid groups (broad SMARTS) is 5. The maximum atomic E-state index is 10.9. The largest absolute Gasteiger partial charge is 0.481 e. The van der Waals surface area contributed by atoms with E-state index in [9.17, 15) is 43.2 Å². The Morgan fingerprint density at radius 2 is 1.06 bits per heavy atom. The lowest BCUT2D eigenvalue weighted by Crippen LogP contribution is -2.44. The van der Waals surface area contributed by atoms with Crippen molar-refractivity contribution in [3.05, 3.63) is 0 Å². The highest BCUT2D eigenvalue weighted by atomic mass is 31.2. The van der Waals surface area contributed by atoms with Gasteiger partial charge in [0.15, 0.2) is 5.85 Å². The molecule has 3 unspecified atom stereocenters. The van der Waals surface area contributed by atoms with E-state index in [1.54, 1.807) is 6.92 Å². The van der Waals surface area contributed by atoms with Gasteiger partial charge in [-0.05, 0) is 13.3 Å². The first kappa shape index (κ1) is 47.5. The first-order chi connectivity index (χ1) is 21.5. The average molecular weight is 714 g/mol. The molecule has 26 heteroatoms. The fourth-order valence-electron chi connectivity index (χ4n) is 2.84. The van der Waals surface area contributed by atoms with Gasteiger partial charge < -0.3 is 60.3 Å². The van der Waals surface area contributed by atoms with Crippen molar-refractivity contribution in [1.82, 2.24) is 14.7 Å². The summed E-state index contributed by atoms with van der Waals surface area (Å²) in [5.74, 6) is -0.722. The van der Waals surface area contributed by atoms with E-state index in [1.165, 1.54) is 4.90 Å². The summed E-state index contributed by atoms with van der Waals surface area (Å²) in [7, 11) is -4.77. The van der Waals surface area contributed by atoms with Crippen molar-refractivity contribution in [2.24, 2.45) is 11.8 Å². The van der Waals surface area contributed by atoms with Crippen LogP contribution in [0.5, 0.6) is 0 Å². The molecule has 3 atom stereocenters. The summed E-state index contributed by atoms with van der Waals surface area (Å²) in [6.07, 6.45) is -1.99. The standard InChI is InChI=1S/C8H13NO7.C7H15N3O5.C6H12NO8P/c10-5(1-2-6(11)12)9(3-7(13)14)4-8(15)16;1-5(4-11)10(2-6(12)14-8)3-7(13)15-9;8-4(9)1-7(2-5(10)11)3-6(12)16(13,14)15/h5,10H,1-4H2,(H,11,12)(H,13,14)(H,15,16);5,11H,2-4,8-9H2,1H3;6,12H,1-3H2,(H,8,9)(H,10,11)(H2,13,14,15). The molecule has 47 heavy (non-hydrogen) atoms. The Kier molecular flexibility index (Phi) is 25.5. The molecule has 0 aromatic carbocycles. The Balaban J connectivity index is -0.000000618. The van der Waals surface area contributed by atoms with Crippen molar-refractivity contribution in [2.45, 2.75) is 37.9 Å². The second kappa shape index (κ2) is 25.2. The molecule has 0 aliphatic heterocycles. The molecule has 0 amide bonds. The van der Waals surface area contributed by atoms with E-state index in [0.29, 0.717) is 4.90 Å². The Labute approximate surface area is 265 Å². The van der Waals surface area contributed by atoms with Gasteiger partial charge in [-0.2, -0.15) is 11.8 Å². The number of nitrogens with two attached hydrogens (primary N) is 2. The van der Waals surface area contributed by atoms with Crippen LogP contribution in [0.15, 0.2) is 0 Å². The van der Waals surface area contributed by atoms with E-state index >= 15 is 0 Å². The highest BCUT2D eigenvalue weighted by molar-refractivity contribution is 7.52. The van der Waals surface area contributed by atoms with E-state index in [-0.39, 0.29) is 32.5 Å². The predicted molar refractivity (Wildman–Crippen MR) is 148 cm³/mol. The van der Waals surface area contributed by atoms with Crippen LogP contribution in [0.2, 0.25) is 0 Å². The summed E-state index contributed by atoms with van der Waals surface area (Å²) in [6, 6.07) is -0.414. The molecule has 274 valence electrons. The lowest BCUT2D eigenvalue weighted by atomic mass is 10.2. The Morgan fingerprint density at radius 1 is 0.681 bits per heavy atom. The predicted octanol–water partition coefficient (Wildman–Crippen LogP) is -5.90. The monoisotopic (exact) mass is 713 g/mol. The Morgan fingerprint density at radius 3 is 1.34 bits per heavy atom. The molecule has 14 N–H and O–H groups in total. The van der Waals surface area contributed by atoms with Gasteiger partial charge in [-0.15, -0.1) is 0 Å². The maximum Gasteiger partial charge on any atom is 0.355 e. The Hall–Kier alpha value is -3.88. The number of aliphatic hydroxyl groups excluding tert-OH is 3. The third-order valence-corrected chi connectivity index (χ3v) is 6.00. The topological polar surface area (TPSA) is 419 Å². The molecule has 0 heterocycles. The van der Waals surface area contributed by atoms with Crippen molar-refractivity contribution >= 4 is 49.4 Å². The van der Waals surface area contributed by atoms with Crippen molar-refractivity contribution in [1.29, 1.82) is 0 Å². The summed E-state index contributed by atoms with van der Waals surface area (Å²) in [5.41, 5.74) is 0. The van der Waals surface area contributed by atoms with Crippen molar-refractivity contribution in [3.8, 4) is 0 Å². The fraction of sp³-hybridized carbons (Fsp3) is 0.667. The molecule has 25 nitrogen and oxygen atoms in total. The van der Waals surface area contributed by atoms with Gasteiger partial charge >= 0.3 is 49.4 Å². The molecule has 0 aliphatic rings. The van der Waals surface area contributed by atoms with Crippen molar-refractivity contribution in [3.63, 3.8) is 0 Å². The zero-order valence-corrected chi connectivity index (χ0v) is 25.7. The number of nitrogens with zero attached hydrogens (tertiary/aromatic N) is 3. The van der Waals surface area contributed by atoms with Gasteiger partial charge in [0, 0.05) is 19.0 Å². The van der Waals surface area contributed by atoms with Gasteiger partial charge in [-0.3, -0.25) is 43.2 Å². The molecule has 0 fully saturated rings. The molecular weight excluding hydrogens is 673 g/mol. The quantitative estimate of drug-likeness (QED) is 0.0299. The molecule has 0 saturated carbocycles. The summed E-state index contributed by atoms with van der Waals surface area (Å²) in [5, 5.41) is 69.3. The second-order valence-electron chi connectivity index (χ2n) is 9.05. The van der Waals surface area contributed by atoms with E-state index in [4.69, 9.17) is 45.5 Å². The van der Waals surface area contributed by atoms with Gasteiger partial charge in [0.25, 0.3) is 0 Å². The van der Waals surface area contributed by atoms with E-state index in [0.717, 1.165) is 4.90 Å². The number of carboxylic acids is 5. The molecule has 0 bridgehead atoms. The lowest BCUT2D eigenvalue weighted by Gasteiger charge is -2.24. The minimum Gasteiger partial charge on any atom is -0.481 e. The van der Waals surface area contributed by atoms with E-state index < -0.39 is 100 Å². The van der Waals surface area contributed by atoms with Gasteiger partial charge in [-0.1, -0.05) is 0 Å². The third kappa shape index (κ3) is 28.1. The maximum absolute atomic E-state index is 10.9. The van der Waals surface area contributed by atoms with Crippen molar-refractivity contribution in [2.75, 3.05) is 52.4 Å². The van der Waals surface area contributed by atoms with E-state index in [1.807, 2.05) is 0 Å². The molecule has 0 aliphatic carbocycles. The number of hydrogen-bond acceptors (Lipinski definition) is 18. The summed E-state index contributed by atoms with van der Waals surface area (Å²) in [4.78, 5) is 101. The number of rotatable bonds is 21. The van der Waals surface area contributed by atoms with Gasteiger partial charge in [-0.25, -0.2) is 9.59 Å². The zero-order chi connectivity index (χ0) is 37.5. The molecule has 0 spiro atoms. The van der Waals surface area contributed by atoms with Gasteiger partial charge in [0.1, 0.15) is 6.23 Å². The van der Waals surface area contributed by atoms with Crippen LogP contribution >= 0.6 is 7.60 Å². The number of carbonyl (C=O) groups is 7. The number of carbonyl (C=O) groups excluding carboxylic acids is 2. The number of aliphatic hydroxyl groups is 3. The first-order valence-electron chi connectivity index (χ1n) is 12.6. The van der Waals surface area contributed by atoms with Crippen LogP contribution in [0.25, 0.3) is 0 Å². The second-order valence-corrected chi connectivity index (χ2v) is 10.8. The zero-order valence-electron chi connectivity index (χ0n) is 24.8. The number of hydrogen-bond donors (Lipinski definition) is 12. The summed E-state index contributed by atoms with van der Waals surface area (Å²) < 4.78 is 10.6. The van der Waals surface area contributed by atoms with Crippen LogP contribution in [0.4, 0.5) is 0 Å². The normalized spacial score (nSPS) is 12.8. The van der Waals surface area contributed by atoms with Crippen LogP contribution in [0.3, 0.4) is 0 Å². The summed E-state index contributed by atoms with van der Waals surface area (Å²) >= 11 is 0. The lowest BCUT2D eigenvalue weighted by molar-refractivity contribution is -0.151.